The van der Waals surface area contributed by atoms with Crippen LogP contribution in [0.1, 0.15) is 39.0 Å². The molecular weight excluding hydrogens is 212 g/mol. The van der Waals surface area contributed by atoms with Crippen molar-refractivity contribution in [3.05, 3.63) is 0 Å². The van der Waals surface area contributed by atoms with Crippen molar-refractivity contribution in [2.45, 2.75) is 45.1 Å². The van der Waals surface area contributed by atoms with Crippen molar-refractivity contribution < 1.29 is 4.74 Å². The number of hydrogen-bond donors (Lipinski definition) is 1. The molecule has 0 aromatic carbocycles. The van der Waals surface area contributed by atoms with E-state index in [-0.39, 0.29) is 0 Å². The lowest BCUT2D eigenvalue weighted by Crippen LogP contribution is -2.46. The van der Waals surface area contributed by atoms with Gasteiger partial charge in [0.1, 0.15) is 0 Å². The molecule has 3 heteroatoms. The predicted molar refractivity (Wildman–Crippen MR) is 71.0 cm³/mol. The van der Waals surface area contributed by atoms with Crippen molar-refractivity contribution in [1.29, 1.82) is 0 Å². The minimum atomic E-state index is 0.436. The highest BCUT2D eigenvalue weighted by Gasteiger charge is 2.29. The largest absolute Gasteiger partial charge is 0.379 e. The second kappa shape index (κ2) is 6.72. The van der Waals surface area contributed by atoms with Crippen LogP contribution in [0, 0.1) is 11.8 Å². The van der Waals surface area contributed by atoms with Crippen molar-refractivity contribution in [3.8, 4) is 0 Å². The van der Waals surface area contributed by atoms with Gasteiger partial charge in [-0.1, -0.05) is 19.8 Å². The Labute approximate surface area is 106 Å². The van der Waals surface area contributed by atoms with Crippen LogP contribution in [0.4, 0.5) is 0 Å². The van der Waals surface area contributed by atoms with E-state index < -0.39 is 0 Å². The van der Waals surface area contributed by atoms with Crippen LogP contribution in [0.15, 0.2) is 0 Å². The first-order chi connectivity index (χ1) is 8.29. The molecule has 2 aliphatic rings. The molecule has 1 aliphatic carbocycles. The fourth-order valence-electron chi connectivity index (χ4n) is 3.38. The van der Waals surface area contributed by atoms with Crippen LogP contribution in [0.25, 0.3) is 0 Å². The first-order valence-electron chi connectivity index (χ1n) is 7.35. The Kier molecular flexibility index (Phi) is 5.26. The molecule has 100 valence electrons. The molecule has 3 nitrogen and oxygen atoms in total. The summed E-state index contributed by atoms with van der Waals surface area (Å²) < 4.78 is 5.40. The van der Waals surface area contributed by atoms with E-state index in [1.54, 1.807) is 0 Å². The number of morpholine rings is 1. The van der Waals surface area contributed by atoms with E-state index in [2.05, 4.69) is 11.8 Å². The third kappa shape index (κ3) is 3.94. The average Bonchev–Trinajstić information content (AvgIpc) is 2.35. The molecule has 17 heavy (non-hydrogen) atoms. The van der Waals surface area contributed by atoms with E-state index >= 15 is 0 Å². The number of nitrogens with zero attached hydrogens (tertiary/aromatic N) is 1. The third-order valence-electron chi connectivity index (χ3n) is 4.44. The zero-order chi connectivity index (χ0) is 12.1. The van der Waals surface area contributed by atoms with Crippen molar-refractivity contribution >= 4 is 0 Å². The van der Waals surface area contributed by atoms with Gasteiger partial charge in [-0.25, -0.2) is 0 Å². The van der Waals surface area contributed by atoms with Gasteiger partial charge in [0.2, 0.25) is 0 Å². The van der Waals surface area contributed by atoms with Gasteiger partial charge in [0.05, 0.1) is 13.2 Å². The number of hydrogen-bond acceptors (Lipinski definition) is 3. The molecule has 0 aromatic rings. The van der Waals surface area contributed by atoms with Gasteiger partial charge in [-0.2, -0.15) is 0 Å². The molecule has 1 heterocycles. The number of rotatable bonds is 4. The fraction of sp³-hybridized carbons (Fsp3) is 1.00. The first kappa shape index (κ1) is 13.3. The normalized spacial score (nSPS) is 36.0. The second-order valence-corrected chi connectivity index (χ2v) is 5.80. The molecule has 0 radical (unpaired) electrons. The van der Waals surface area contributed by atoms with Crippen molar-refractivity contribution in [2.24, 2.45) is 17.6 Å². The summed E-state index contributed by atoms with van der Waals surface area (Å²) in [5, 5.41) is 0. The van der Waals surface area contributed by atoms with Crippen LogP contribution >= 0.6 is 0 Å². The van der Waals surface area contributed by atoms with Crippen molar-refractivity contribution in [1.82, 2.24) is 4.90 Å². The molecule has 1 aliphatic heterocycles. The maximum Gasteiger partial charge on any atom is 0.0594 e. The molecule has 3 atom stereocenters. The van der Waals surface area contributed by atoms with Gasteiger partial charge < -0.3 is 10.5 Å². The molecule has 1 saturated heterocycles. The molecule has 3 unspecified atom stereocenters. The van der Waals surface area contributed by atoms with Crippen LogP contribution in [0.3, 0.4) is 0 Å². The second-order valence-electron chi connectivity index (χ2n) is 5.80. The predicted octanol–water partition coefficient (Wildman–Crippen LogP) is 1.86. The zero-order valence-electron chi connectivity index (χ0n) is 11.2. The molecule has 2 rings (SSSR count). The van der Waals surface area contributed by atoms with E-state index in [0.29, 0.717) is 6.04 Å². The van der Waals surface area contributed by atoms with E-state index in [1.165, 1.54) is 38.6 Å². The molecule has 0 spiro atoms. The maximum atomic E-state index is 6.30. The first-order valence-corrected chi connectivity index (χ1v) is 7.35. The molecule has 1 saturated carbocycles. The van der Waals surface area contributed by atoms with Gasteiger partial charge in [-0.15, -0.1) is 0 Å². The van der Waals surface area contributed by atoms with E-state index in [4.69, 9.17) is 10.5 Å². The summed E-state index contributed by atoms with van der Waals surface area (Å²) in [6.45, 7) is 7.50. The molecule has 2 fully saturated rings. The molecule has 0 aromatic heterocycles. The van der Waals surface area contributed by atoms with E-state index in [9.17, 15) is 0 Å². The highest BCUT2D eigenvalue weighted by molar-refractivity contribution is 4.84. The topological polar surface area (TPSA) is 38.5 Å². The van der Waals surface area contributed by atoms with Crippen LogP contribution < -0.4 is 5.73 Å². The lowest BCUT2D eigenvalue weighted by atomic mass is 9.76. The fourth-order valence-corrected chi connectivity index (χ4v) is 3.38. The summed E-state index contributed by atoms with van der Waals surface area (Å²) in [5.74, 6) is 1.66. The van der Waals surface area contributed by atoms with Gasteiger partial charge in [0.25, 0.3) is 0 Å². The standard InChI is InChI=1S/C14H28N2O/c1-2-3-12-4-5-14(15)13(10-12)11-16-6-8-17-9-7-16/h12-14H,2-11,15H2,1H3. The number of nitrogens with two attached hydrogens (primary N) is 1. The van der Waals surface area contributed by atoms with Gasteiger partial charge in [0, 0.05) is 25.7 Å². The van der Waals surface area contributed by atoms with Crippen LogP contribution in [-0.2, 0) is 4.74 Å². The SMILES string of the molecule is CCCC1CCC(N)C(CN2CCOCC2)C1. The molecule has 0 bridgehead atoms. The Morgan fingerprint density at radius 2 is 2.00 bits per heavy atom. The Bertz CT molecular complexity index is 216. The smallest absolute Gasteiger partial charge is 0.0594 e. The van der Waals surface area contributed by atoms with E-state index in [1.807, 2.05) is 0 Å². The van der Waals surface area contributed by atoms with Gasteiger partial charge in [0.15, 0.2) is 0 Å². The quantitative estimate of drug-likeness (QED) is 0.815. The Morgan fingerprint density at radius 1 is 1.24 bits per heavy atom. The number of ether oxygens (including phenoxy) is 1. The summed E-state index contributed by atoms with van der Waals surface area (Å²) in [6.07, 6.45) is 6.66. The summed E-state index contributed by atoms with van der Waals surface area (Å²) in [5.41, 5.74) is 6.30. The van der Waals surface area contributed by atoms with Gasteiger partial charge >= 0.3 is 0 Å². The van der Waals surface area contributed by atoms with Crippen molar-refractivity contribution in [2.75, 3.05) is 32.8 Å². The third-order valence-corrected chi connectivity index (χ3v) is 4.44. The lowest BCUT2D eigenvalue weighted by Gasteiger charge is -2.38. The Hall–Kier alpha value is -0.120. The molecular formula is C14H28N2O. The Morgan fingerprint density at radius 3 is 2.71 bits per heavy atom. The minimum absolute atomic E-state index is 0.436. The van der Waals surface area contributed by atoms with Crippen molar-refractivity contribution in [3.63, 3.8) is 0 Å². The van der Waals surface area contributed by atoms with Crippen LogP contribution in [-0.4, -0.2) is 43.8 Å². The van der Waals surface area contributed by atoms with E-state index in [0.717, 1.165) is 38.1 Å². The minimum Gasteiger partial charge on any atom is -0.379 e. The van der Waals surface area contributed by atoms with Crippen LogP contribution in [0.2, 0.25) is 0 Å². The van der Waals surface area contributed by atoms with Gasteiger partial charge in [-0.3, -0.25) is 4.90 Å². The highest BCUT2D eigenvalue weighted by Crippen LogP contribution is 2.31. The maximum absolute atomic E-state index is 6.30. The zero-order valence-corrected chi connectivity index (χ0v) is 11.2. The average molecular weight is 240 g/mol. The highest BCUT2D eigenvalue weighted by atomic mass is 16.5. The Balaban J connectivity index is 1.80. The molecule has 0 amide bonds. The summed E-state index contributed by atoms with van der Waals surface area (Å²) in [6, 6.07) is 0.436. The van der Waals surface area contributed by atoms with Crippen LogP contribution in [0.5, 0.6) is 0 Å². The summed E-state index contributed by atoms with van der Waals surface area (Å²) in [4.78, 5) is 2.54. The van der Waals surface area contributed by atoms with Gasteiger partial charge in [-0.05, 0) is 31.1 Å². The monoisotopic (exact) mass is 240 g/mol. The summed E-state index contributed by atoms with van der Waals surface area (Å²) in [7, 11) is 0. The molecule has 2 N–H and O–H groups in total. The summed E-state index contributed by atoms with van der Waals surface area (Å²) >= 11 is 0. The lowest BCUT2D eigenvalue weighted by molar-refractivity contribution is 0.0230.